The Bertz CT molecular complexity index is 996. The molecule has 1 saturated heterocycles. The van der Waals surface area contributed by atoms with Crippen molar-refractivity contribution in [3.05, 3.63) is 61.9 Å². The molecule has 1 fully saturated rings. The second-order valence-corrected chi connectivity index (χ2v) is 7.03. The molecule has 0 amide bonds. The first-order chi connectivity index (χ1) is 13.4. The molecule has 0 radical (unpaired) electrons. The number of aromatic nitrogens is 2. The molecule has 0 aliphatic carbocycles. The molecular weight excluding hydrogens is 386 g/mol. The van der Waals surface area contributed by atoms with Crippen LogP contribution in [0.15, 0.2) is 40.1 Å². The van der Waals surface area contributed by atoms with Gasteiger partial charge in [0.1, 0.15) is 24.2 Å². The molecule has 8 nitrogen and oxygen atoms in total. The first-order valence-corrected chi connectivity index (χ1v) is 9.22. The topological polar surface area (TPSA) is 117 Å². The number of benzene rings is 1. The van der Waals surface area contributed by atoms with Crippen molar-refractivity contribution in [3.8, 4) is 11.8 Å². The van der Waals surface area contributed by atoms with E-state index in [1.54, 1.807) is 31.2 Å². The van der Waals surface area contributed by atoms with Crippen molar-refractivity contribution in [2.75, 3.05) is 0 Å². The number of nitrogens with one attached hydrogen (secondary N) is 1. The van der Waals surface area contributed by atoms with E-state index >= 15 is 0 Å². The van der Waals surface area contributed by atoms with Crippen LogP contribution >= 0.6 is 11.6 Å². The van der Waals surface area contributed by atoms with Crippen molar-refractivity contribution in [1.29, 1.82) is 5.26 Å². The van der Waals surface area contributed by atoms with Gasteiger partial charge in [-0.1, -0.05) is 23.7 Å². The number of nitriles is 1. The van der Waals surface area contributed by atoms with Crippen LogP contribution in [0.5, 0.6) is 5.75 Å². The highest BCUT2D eigenvalue weighted by molar-refractivity contribution is 6.32. The van der Waals surface area contributed by atoms with Crippen LogP contribution in [-0.2, 0) is 4.74 Å². The molecule has 2 N–H and O–H groups in total. The highest BCUT2D eigenvalue weighted by Crippen LogP contribution is 2.34. The molecule has 0 spiro atoms. The molecule has 9 heteroatoms. The molecule has 28 heavy (non-hydrogen) atoms. The average Bonchev–Trinajstić information content (AvgIpc) is 3.04. The summed E-state index contributed by atoms with van der Waals surface area (Å²) in [6.45, 7) is 1.58. The van der Waals surface area contributed by atoms with Gasteiger partial charge in [-0.3, -0.25) is 14.3 Å². The number of rotatable bonds is 6. The lowest BCUT2D eigenvalue weighted by atomic mass is 10.0. The molecule has 1 aromatic carbocycles. The second-order valence-electron chi connectivity index (χ2n) is 6.62. The van der Waals surface area contributed by atoms with Crippen LogP contribution in [0, 0.1) is 18.3 Å². The van der Waals surface area contributed by atoms with Gasteiger partial charge in [-0.05, 0) is 25.5 Å². The van der Waals surface area contributed by atoms with Crippen LogP contribution in [0.25, 0.3) is 0 Å². The summed E-state index contributed by atoms with van der Waals surface area (Å²) >= 11 is 6.15. The minimum absolute atomic E-state index is 0.144. The van der Waals surface area contributed by atoms with Crippen molar-refractivity contribution in [3.63, 3.8) is 0 Å². The van der Waals surface area contributed by atoms with Gasteiger partial charge in [-0.25, -0.2) is 4.79 Å². The van der Waals surface area contributed by atoms with Gasteiger partial charge in [-0.15, -0.1) is 0 Å². The van der Waals surface area contributed by atoms with Crippen LogP contribution in [0.1, 0.15) is 31.1 Å². The molecule has 1 aliphatic heterocycles. The number of aliphatic hydroxyl groups excluding tert-OH is 1. The summed E-state index contributed by atoms with van der Waals surface area (Å²) in [6, 6.07) is 8.95. The molecule has 1 unspecified atom stereocenters. The van der Waals surface area contributed by atoms with E-state index in [9.17, 15) is 14.7 Å². The molecule has 1 aliphatic rings. The Kier molecular flexibility index (Phi) is 6.19. The number of aliphatic hydroxyl groups is 1. The summed E-state index contributed by atoms with van der Waals surface area (Å²) in [7, 11) is 0. The lowest BCUT2D eigenvalue weighted by Crippen LogP contribution is -2.39. The number of nitrogens with zero attached hydrogens (tertiary/aromatic N) is 2. The van der Waals surface area contributed by atoms with E-state index in [0.717, 1.165) is 0 Å². The molecule has 148 valence electrons. The zero-order valence-corrected chi connectivity index (χ0v) is 15.9. The van der Waals surface area contributed by atoms with E-state index in [1.807, 2.05) is 0 Å². The van der Waals surface area contributed by atoms with E-state index in [1.165, 1.54) is 10.8 Å². The molecule has 2 heterocycles. The third-order valence-electron chi connectivity index (χ3n) is 4.61. The fraction of sp³-hybridized carbons (Fsp3) is 0.421. The maximum atomic E-state index is 12.1. The Hall–Kier alpha value is -2.60. The van der Waals surface area contributed by atoms with Crippen molar-refractivity contribution in [2.24, 2.45) is 0 Å². The highest BCUT2D eigenvalue weighted by atomic mass is 35.5. The van der Waals surface area contributed by atoms with Gasteiger partial charge in [0.05, 0.1) is 17.2 Å². The van der Waals surface area contributed by atoms with E-state index in [2.05, 4.69) is 11.1 Å². The Morgan fingerprint density at radius 2 is 2.21 bits per heavy atom. The quantitative estimate of drug-likeness (QED) is 0.757. The lowest BCUT2D eigenvalue weighted by molar-refractivity contribution is -0.0764. The number of halogens is 1. The highest BCUT2D eigenvalue weighted by Gasteiger charge is 2.41. The Morgan fingerprint density at radius 1 is 1.46 bits per heavy atom. The molecule has 3 rings (SSSR count). The number of hydrogen-bond acceptors (Lipinski definition) is 6. The van der Waals surface area contributed by atoms with Crippen LogP contribution in [-0.4, -0.2) is 33.0 Å². The van der Waals surface area contributed by atoms with Crippen LogP contribution in [0.2, 0.25) is 5.02 Å². The standard InChI is InChI=1S/C19H20ClN3O5/c1-11-10-23(19(26)22-18(11)25)16-9-13(24)17(28-16)15(7-4-8-21)27-14-6-3-2-5-12(14)20/h2-3,5-6,10,13,15-17,24H,4,7,9H2,1H3,(H,22,25,26)/t13-,15?,16+,17-/m0/s1. The summed E-state index contributed by atoms with van der Waals surface area (Å²) in [4.78, 5) is 25.9. The SMILES string of the molecule is Cc1cn([C@H]2C[C@H](O)[C@@H](C(CCC#N)Oc3ccccc3Cl)O2)c(=O)[nH]c1=O. The van der Waals surface area contributed by atoms with Gasteiger partial charge in [-0.2, -0.15) is 5.26 Å². The number of aryl methyl sites for hydroxylation is 1. The third kappa shape index (κ3) is 4.28. The fourth-order valence-corrected chi connectivity index (χ4v) is 3.36. The van der Waals surface area contributed by atoms with E-state index < -0.39 is 35.8 Å². The van der Waals surface area contributed by atoms with Gasteiger partial charge in [0, 0.05) is 24.6 Å². The molecule has 4 atom stereocenters. The molecule has 0 saturated carbocycles. The summed E-state index contributed by atoms with van der Waals surface area (Å²) in [5, 5.41) is 19.9. The number of H-pyrrole nitrogens is 1. The largest absolute Gasteiger partial charge is 0.486 e. The maximum Gasteiger partial charge on any atom is 0.330 e. The zero-order valence-electron chi connectivity index (χ0n) is 15.2. The summed E-state index contributed by atoms with van der Waals surface area (Å²) in [6.07, 6.45) is -1.03. The number of ether oxygens (including phenoxy) is 2. The van der Waals surface area contributed by atoms with Gasteiger partial charge in [0.25, 0.3) is 5.56 Å². The number of aromatic amines is 1. The lowest BCUT2D eigenvalue weighted by Gasteiger charge is -2.26. The predicted molar refractivity (Wildman–Crippen MR) is 101 cm³/mol. The summed E-state index contributed by atoms with van der Waals surface area (Å²) < 4.78 is 13.1. The minimum Gasteiger partial charge on any atom is -0.486 e. The van der Waals surface area contributed by atoms with Crippen molar-refractivity contribution >= 4 is 11.6 Å². The van der Waals surface area contributed by atoms with Crippen molar-refractivity contribution < 1.29 is 14.6 Å². The Labute approximate surface area is 165 Å². The number of hydrogen-bond donors (Lipinski definition) is 2. The van der Waals surface area contributed by atoms with Crippen molar-refractivity contribution in [1.82, 2.24) is 9.55 Å². The van der Waals surface area contributed by atoms with Crippen LogP contribution in [0.3, 0.4) is 0 Å². The van der Waals surface area contributed by atoms with Gasteiger partial charge < -0.3 is 14.6 Å². The summed E-state index contributed by atoms with van der Waals surface area (Å²) in [5.41, 5.74) is -0.728. The van der Waals surface area contributed by atoms with E-state index in [-0.39, 0.29) is 12.8 Å². The van der Waals surface area contributed by atoms with Crippen LogP contribution in [0.4, 0.5) is 0 Å². The fourth-order valence-electron chi connectivity index (χ4n) is 3.18. The van der Waals surface area contributed by atoms with Gasteiger partial charge in [0.15, 0.2) is 0 Å². The molecule has 0 bridgehead atoms. The van der Waals surface area contributed by atoms with Gasteiger partial charge >= 0.3 is 5.69 Å². The van der Waals surface area contributed by atoms with Crippen LogP contribution < -0.4 is 16.0 Å². The smallest absolute Gasteiger partial charge is 0.330 e. The number of para-hydroxylation sites is 1. The van der Waals surface area contributed by atoms with Gasteiger partial charge in [0.2, 0.25) is 0 Å². The maximum absolute atomic E-state index is 12.1. The first kappa shape index (κ1) is 20.1. The second kappa shape index (κ2) is 8.61. The monoisotopic (exact) mass is 405 g/mol. The molecular formula is C19H20ClN3O5. The minimum atomic E-state index is -0.921. The average molecular weight is 406 g/mol. The molecule has 1 aromatic heterocycles. The van der Waals surface area contributed by atoms with E-state index in [0.29, 0.717) is 22.8 Å². The third-order valence-corrected chi connectivity index (χ3v) is 4.93. The molecule has 2 aromatic rings. The Morgan fingerprint density at radius 3 is 2.93 bits per heavy atom. The van der Waals surface area contributed by atoms with E-state index in [4.69, 9.17) is 26.3 Å². The zero-order chi connectivity index (χ0) is 20.3. The summed E-state index contributed by atoms with van der Waals surface area (Å²) in [5.74, 6) is 0.420. The predicted octanol–water partition coefficient (Wildman–Crippen LogP) is 1.90. The first-order valence-electron chi connectivity index (χ1n) is 8.84. The normalized spacial score (nSPS) is 22.6. The van der Waals surface area contributed by atoms with Crippen molar-refractivity contribution in [2.45, 2.75) is 50.7 Å². The Balaban J connectivity index is 1.84.